The molecule has 0 radical (unpaired) electrons. The van der Waals surface area contributed by atoms with Crippen molar-refractivity contribution in [2.24, 2.45) is 0 Å². The molecule has 1 atom stereocenters. The number of nitrogens with one attached hydrogen (secondary N) is 1. The van der Waals surface area contributed by atoms with Crippen LogP contribution in [0.5, 0.6) is 0 Å². The molecule has 1 unspecified atom stereocenters. The SMILES string of the molecule is CCOC(=O)c1cnc(SC(C)c2ccccc2)[nH]1. The van der Waals surface area contributed by atoms with Gasteiger partial charge in [0.1, 0.15) is 5.69 Å². The number of aromatic nitrogens is 2. The van der Waals surface area contributed by atoms with Crippen LogP contribution in [0.3, 0.4) is 0 Å². The minimum atomic E-state index is -0.366. The Balaban J connectivity index is 2.02. The first-order valence-electron chi connectivity index (χ1n) is 6.14. The number of imidazole rings is 1. The second kappa shape index (κ2) is 6.43. The van der Waals surface area contributed by atoms with E-state index in [2.05, 4.69) is 29.0 Å². The van der Waals surface area contributed by atoms with Crippen LogP contribution in [0.15, 0.2) is 41.7 Å². The van der Waals surface area contributed by atoms with Gasteiger partial charge in [-0.15, -0.1) is 0 Å². The zero-order valence-electron chi connectivity index (χ0n) is 10.9. The number of benzene rings is 1. The van der Waals surface area contributed by atoms with E-state index in [0.29, 0.717) is 12.3 Å². The third-order valence-corrected chi connectivity index (χ3v) is 3.66. The molecule has 0 aliphatic rings. The van der Waals surface area contributed by atoms with Crippen LogP contribution in [0.1, 0.15) is 35.1 Å². The van der Waals surface area contributed by atoms with E-state index in [-0.39, 0.29) is 11.2 Å². The van der Waals surface area contributed by atoms with E-state index in [9.17, 15) is 4.79 Å². The Morgan fingerprint density at radius 3 is 2.84 bits per heavy atom. The Hall–Kier alpha value is -1.75. The molecule has 19 heavy (non-hydrogen) atoms. The van der Waals surface area contributed by atoms with Crippen molar-refractivity contribution in [3.8, 4) is 0 Å². The highest BCUT2D eigenvalue weighted by molar-refractivity contribution is 7.99. The summed E-state index contributed by atoms with van der Waals surface area (Å²) in [5, 5.41) is 0.988. The summed E-state index contributed by atoms with van der Waals surface area (Å²) in [6.07, 6.45) is 1.51. The summed E-state index contributed by atoms with van der Waals surface area (Å²) in [6.45, 7) is 4.24. The molecule has 4 nitrogen and oxygen atoms in total. The summed E-state index contributed by atoms with van der Waals surface area (Å²) >= 11 is 1.58. The maximum Gasteiger partial charge on any atom is 0.356 e. The molecule has 0 fully saturated rings. The van der Waals surface area contributed by atoms with Crippen LogP contribution in [0, 0.1) is 0 Å². The molecule has 0 amide bonds. The lowest BCUT2D eigenvalue weighted by molar-refractivity contribution is 0.0519. The first-order chi connectivity index (χ1) is 9.20. The summed E-state index contributed by atoms with van der Waals surface area (Å²) in [6, 6.07) is 10.2. The Labute approximate surface area is 116 Å². The Bertz CT molecular complexity index is 539. The molecule has 0 bridgehead atoms. The summed E-state index contributed by atoms with van der Waals surface area (Å²) in [5.41, 5.74) is 1.62. The average molecular weight is 276 g/mol. The maximum absolute atomic E-state index is 11.5. The van der Waals surface area contributed by atoms with Crippen molar-refractivity contribution in [2.45, 2.75) is 24.3 Å². The number of nitrogens with zero attached hydrogens (tertiary/aromatic N) is 1. The van der Waals surface area contributed by atoms with Crippen LogP contribution in [-0.2, 0) is 4.74 Å². The quantitative estimate of drug-likeness (QED) is 0.671. The fourth-order valence-corrected chi connectivity index (χ4v) is 2.55. The van der Waals surface area contributed by atoms with Crippen molar-refractivity contribution in [1.29, 1.82) is 0 Å². The number of H-pyrrole nitrogens is 1. The van der Waals surface area contributed by atoms with Gasteiger partial charge >= 0.3 is 5.97 Å². The molecule has 5 heteroatoms. The Morgan fingerprint density at radius 2 is 2.16 bits per heavy atom. The molecule has 2 rings (SSSR count). The predicted octanol–water partition coefficient (Wildman–Crippen LogP) is 3.44. The topological polar surface area (TPSA) is 55.0 Å². The van der Waals surface area contributed by atoms with Crippen molar-refractivity contribution < 1.29 is 9.53 Å². The molecule has 0 saturated carbocycles. The van der Waals surface area contributed by atoms with Gasteiger partial charge in [-0.1, -0.05) is 42.1 Å². The molecule has 1 aromatic heterocycles. The van der Waals surface area contributed by atoms with Crippen molar-refractivity contribution >= 4 is 17.7 Å². The van der Waals surface area contributed by atoms with Gasteiger partial charge in [-0.3, -0.25) is 0 Å². The lowest BCUT2D eigenvalue weighted by Crippen LogP contribution is -2.04. The zero-order valence-corrected chi connectivity index (χ0v) is 11.7. The highest BCUT2D eigenvalue weighted by atomic mass is 32.2. The fraction of sp³-hybridized carbons (Fsp3) is 0.286. The number of carbonyl (C=O) groups is 1. The average Bonchev–Trinajstić information content (AvgIpc) is 2.88. The number of rotatable bonds is 5. The number of hydrogen-bond donors (Lipinski definition) is 1. The Kier molecular flexibility index (Phi) is 4.63. The second-order valence-corrected chi connectivity index (χ2v) is 5.32. The van der Waals surface area contributed by atoms with Crippen molar-refractivity contribution in [2.75, 3.05) is 6.61 Å². The molecule has 1 aromatic carbocycles. The highest BCUT2D eigenvalue weighted by Crippen LogP contribution is 2.32. The van der Waals surface area contributed by atoms with E-state index in [4.69, 9.17) is 4.74 Å². The van der Waals surface area contributed by atoms with Crippen molar-refractivity contribution in [1.82, 2.24) is 9.97 Å². The van der Waals surface area contributed by atoms with Crippen LogP contribution >= 0.6 is 11.8 Å². The molecular formula is C14H16N2O2S. The van der Waals surface area contributed by atoms with E-state index in [1.807, 2.05) is 18.2 Å². The Morgan fingerprint density at radius 1 is 1.42 bits per heavy atom. The summed E-state index contributed by atoms with van der Waals surface area (Å²) in [7, 11) is 0. The smallest absolute Gasteiger partial charge is 0.356 e. The molecule has 100 valence electrons. The number of thioether (sulfide) groups is 1. The molecule has 2 aromatic rings. The van der Waals surface area contributed by atoms with Gasteiger partial charge in [-0.05, 0) is 19.4 Å². The van der Waals surface area contributed by atoms with E-state index in [1.54, 1.807) is 18.7 Å². The van der Waals surface area contributed by atoms with Gasteiger partial charge in [-0.25, -0.2) is 9.78 Å². The van der Waals surface area contributed by atoms with Crippen LogP contribution in [-0.4, -0.2) is 22.5 Å². The number of ether oxygens (including phenoxy) is 1. The monoisotopic (exact) mass is 276 g/mol. The fourth-order valence-electron chi connectivity index (χ4n) is 1.63. The van der Waals surface area contributed by atoms with Gasteiger partial charge in [-0.2, -0.15) is 0 Å². The number of esters is 1. The van der Waals surface area contributed by atoms with Gasteiger partial charge in [0.05, 0.1) is 12.8 Å². The third kappa shape index (κ3) is 3.61. The number of aromatic amines is 1. The van der Waals surface area contributed by atoms with Crippen molar-refractivity contribution in [3.05, 3.63) is 47.8 Å². The van der Waals surface area contributed by atoms with Crippen LogP contribution in [0.4, 0.5) is 0 Å². The third-order valence-electron chi connectivity index (χ3n) is 2.61. The molecule has 0 aliphatic heterocycles. The molecule has 0 spiro atoms. The van der Waals surface area contributed by atoms with Crippen LogP contribution < -0.4 is 0 Å². The largest absolute Gasteiger partial charge is 0.461 e. The first-order valence-corrected chi connectivity index (χ1v) is 7.02. The summed E-state index contributed by atoms with van der Waals surface area (Å²) in [4.78, 5) is 18.7. The lowest BCUT2D eigenvalue weighted by Gasteiger charge is -2.08. The van der Waals surface area contributed by atoms with E-state index in [1.165, 1.54) is 11.8 Å². The highest BCUT2D eigenvalue weighted by Gasteiger charge is 2.13. The lowest BCUT2D eigenvalue weighted by atomic mass is 10.2. The standard InChI is InChI=1S/C14H16N2O2S/c1-3-18-13(17)12-9-15-14(16-12)19-10(2)11-7-5-4-6-8-11/h4-10H,3H2,1-2H3,(H,15,16). The zero-order chi connectivity index (χ0) is 13.7. The van der Waals surface area contributed by atoms with Gasteiger partial charge < -0.3 is 9.72 Å². The van der Waals surface area contributed by atoms with E-state index in [0.717, 1.165) is 5.16 Å². The van der Waals surface area contributed by atoms with Crippen molar-refractivity contribution in [3.63, 3.8) is 0 Å². The molecule has 1 heterocycles. The van der Waals surface area contributed by atoms with E-state index < -0.39 is 0 Å². The second-order valence-electron chi connectivity index (χ2n) is 3.99. The normalized spacial score (nSPS) is 12.1. The first kappa shape index (κ1) is 13.7. The maximum atomic E-state index is 11.5. The molecule has 1 N–H and O–H groups in total. The van der Waals surface area contributed by atoms with Gasteiger partial charge in [0, 0.05) is 5.25 Å². The van der Waals surface area contributed by atoms with Gasteiger partial charge in [0.25, 0.3) is 0 Å². The molecule has 0 saturated heterocycles. The minimum Gasteiger partial charge on any atom is -0.461 e. The number of carbonyl (C=O) groups excluding carboxylic acids is 1. The summed E-state index contributed by atoms with van der Waals surface area (Å²) < 4.78 is 4.91. The number of hydrogen-bond acceptors (Lipinski definition) is 4. The van der Waals surface area contributed by atoms with Gasteiger partial charge in [0.15, 0.2) is 5.16 Å². The predicted molar refractivity (Wildman–Crippen MR) is 75.3 cm³/mol. The van der Waals surface area contributed by atoms with E-state index >= 15 is 0 Å². The van der Waals surface area contributed by atoms with Crippen LogP contribution in [0.2, 0.25) is 0 Å². The van der Waals surface area contributed by atoms with Gasteiger partial charge in [0.2, 0.25) is 0 Å². The molecular weight excluding hydrogens is 260 g/mol. The minimum absolute atomic E-state index is 0.266. The molecule has 0 aliphatic carbocycles. The summed E-state index contributed by atoms with van der Waals surface area (Å²) in [5.74, 6) is -0.366. The van der Waals surface area contributed by atoms with Crippen LogP contribution in [0.25, 0.3) is 0 Å².